The number of aliphatic hydroxyl groups excluding tert-OH is 1. The van der Waals surface area contributed by atoms with Crippen molar-refractivity contribution in [3.8, 4) is 0 Å². The molecule has 2 aromatic rings. The monoisotopic (exact) mass is 499 g/mol. The van der Waals surface area contributed by atoms with Crippen LogP contribution in [-0.2, 0) is 16.8 Å². The van der Waals surface area contributed by atoms with Crippen molar-refractivity contribution >= 4 is 18.3 Å². The van der Waals surface area contributed by atoms with Crippen LogP contribution in [0.4, 0.5) is 8.78 Å². The fraction of sp³-hybridized carbons (Fsp3) is 0.407. The highest BCUT2D eigenvalue weighted by molar-refractivity contribution is 5.73. The Labute approximate surface area is 210 Å². The molecule has 2 atom stereocenters. The maximum Gasteiger partial charge on any atom is 0.217 e. The van der Waals surface area contributed by atoms with Crippen molar-refractivity contribution in [2.45, 2.75) is 63.1 Å². The van der Waals surface area contributed by atoms with Gasteiger partial charge in [-0.1, -0.05) is 37.5 Å². The fourth-order valence-electron chi connectivity index (χ4n) is 4.96. The first kappa shape index (κ1) is 27.4. The van der Waals surface area contributed by atoms with Crippen LogP contribution in [0.3, 0.4) is 0 Å². The van der Waals surface area contributed by atoms with Gasteiger partial charge in [0.2, 0.25) is 5.91 Å². The number of hydrazine groups is 1. The number of carbonyl (C=O) groups excluding carboxylic acids is 1. The highest BCUT2D eigenvalue weighted by Crippen LogP contribution is 2.38. The molecule has 2 aromatic carbocycles. The van der Waals surface area contributed by atoms with Crippen LogP contribution in [0.5, 0.6) is 0 Å². The van der Waals surface area contributed by atoms with Crippen LogP contribution in [0.15, 0.2) is 53.7 Å². The van der Waals surface area contributed by atoms with Gasteiger partial charge < -0.3 is 21.2 Å². The number of nitrogens with two attached hydrogens (primary N) is 1. The predicted molar refractivity (Wildman–Crippen MR) is 138 cm³/mol. The standard InChI is InChI=1S/C27H35F2N5O2/c1-18(35)33-24(13-19-11-22(28)15-23(29)12-19)26(36)17-32-27(9-4-3-5-10-27)21-8-6-7-20(14-21)25(34-30)16-31-2/h6-8,11-12,14-16,24,26,32,34,36H,2-5,9-10,13,17,30H2,1H3,(H,33,35)/b25-16-. The maximum absolute atomic E-state index is 13.7. The number of carbonyl (C=O) groups is 1. The number of hydrogen-bond donors (Lipinski definition) is 5. The van der Waals surface area contributed by atoms with E-state index in [1.54, 1.807) is 6.20 Å². The second-order valence-corrected chi connectivity index (χ2v) is 9.33. The topological polar surface area (TPSA) is 112 Å². The number of nitrogens with one attached hydrogen (secondary N) is 3. The lowest BCUT2D eigenvalue weighted by Gasteiger charge is -2.40. The number of hydrogen-bond acceptors (Lipinski definition) is 6. The van der Waals surface area contributed by atoms with E-state index in [0.29, 0.717) is 11.3 Å². The van der Waals surface area contributed by atoms with E-state index in [1.807, 2.05) is 24.3 Å². The number of rotatable bonds is 11. The van der Waals surface area contributed by atoms with E-state index in [9.17, 15) is 18.7 Å². The molecule has 1 saturated carbocycles. The summed E-state index contributed by atoms with van der Waals surface area (Å²) in [5.74, 6) is 3.93. The Kier molecular flexibility index (Phi) is 9.69. The lowest BCUT2D eigenvalue weighted by atomic mass is 9.76. The molecule has 3 rings (SSSR count). The summed E-state index contributed by atoms with van der Waals surface area (Å²) in [7, 11) is 0. The first-order chi connectivity index (χ1) is 17.3. The van der Waals surface area contributed by atoms with Gasteiger partial charge in [-0.15, -0.1) is 0 Å². The van der Waals surface area contributed by atoms with Crippen molar-refractivity contribution in [3.05, 3.63) is 77.0 Å². The smallest absolute Gasteiger partial charge is 0.217 e. The molecule has 0 radical (unpaired) electrons. The van der Waals surface area contributed by atoms with Crippen molar-refractivity contribution in [2.75, 3.05) is 6.54 Å². The second kappa shape index (κ2) is 12.7. The molecule has 0 spiro atoms. The molecule has 9 heteroatoms. The Morgan fingerprint density at radius 2 is 1.89 bits per heavy atom. The average molecular weight is 500 g/mol. The maximum atomic E-state index is 13.7. The Balaban J connectivity index is 1.83. The summed E-state index contributed by atoms with van der Waals surface area (Å²) in [5.41, 5.74) is 5.17. The van der Waals surface area contributed by atoms with E-state index < -0.39 is 23.8 Å². The average Bonchev–Trinajstić information content (AvgIpc) is 2.85. The second-order valence-electron chi connectivity index (χ2n) is 9.33. The van der Waals surface area contributed by atoms with Crippen molar-refractivity contribution in [3.63, 3.8) is 0 Å². The molecule has 2 unspecified atom stereocenters. The minimum atomic E-state index is -0.992. The fourth-order valence-corrected chi connectivity index (χ4v) is 4.96. The molecule has 36 heavy (non-hydrogen) atoms. The van der Waals surface area contributed by atoms with E-state index in [4.69, 9.17) is 5.84 Å². The van der Waals surface area contributed by atoms with Gasteiger partial charge >= 0.3 is 0 Å². The van der Waals surface area contributed by atoms with Gasteiger partial charge in [0, 0.05) is 30.6 Å². The molecule has 0 aromatic heterocycles. The molecular formula is C27H35F2N5O2. The molecular weight excluding hydrogens is 464 g/mol. The van der Waals surface area contributed by atoms with Crippen LogP contribution in [0.2, 0.25) is 0 Å². The molecule has 0 saturated heterocycles. The first-order valence-electron chi connectivity index (χ1n) is 12.1. The molecule has 1 aliphatic carbocycles. The van der Waals surface area contributed by atoms with Gasteiger partial charge in [0.1, 0.15) is 11.6 Å². The van der Waals surface area contributed by atoms with Gasteiger partial charge in [0.15, 0.2) is 0 Å². The van der Waals surface area contributed by atoms with Crippen LogP contribution in [0, 0.1) is 11.6 Å². The summed E-state index contributed by atoms with van der Waals surface area (Å²) in [6.07, 6.45) is 5.57. The van der Waals surface area contributed by atoms with Gasteiger partial charge in [-0.05, 0) is 55.3 Å². The van der Waals surface area contributed by atoms with E-state index in [2.05, 4.69) is 27.8 Å². The molecule has 7 nitrogen and oxygen atoms in total. The van der Waals surface area contributed by atoms with Gasteiger partial charge in [-0.2, -0.15) is 0 Å². The molecule has 0 bridgehead atoms. The van der Waals surface area contributed by atoms with Gasteiger partial charge in [0.05, 0.1) is 24.0 Å². The number of nitrogens with zero attached hydrogens (tertiary/aromatic N) is 1. The van der Waals surface area contributed by atoms with Gasteiger partial charge in [-0.25, -0.2) is 8.78 Å². The Morgan fingerprint density at radius 3 is 2.50 bits per heavy atom. The molecule has 1 fully saturated rings. The predicted octanol–water partition coefficient (Wildman–Crippen LogP) is 3.28. The van der Waals surface area contributed by atoms with Crippen molar-refractivity contribution in [1.29, 1.82) is 0 Å². The first-order valence-corrected chi connectivity index (χ1v) is 12.1. The van der Waals surface area contributed by atoms with Crippen molar-refractivity contribution in [1.82, 2.24) is 16.1 Å². The number of aliphatic hydroxyl groups is 1. The Hall–Kier alpha value is -3.14. The van der Waals surface area contributed by atoms with Crippen LogP contribution < -0.4 is 21.9 Å². The van der Waals surface area contributed by atoms with E-state index >= 15 is 0 Å². The van der Waals surface area contributed by atoms with Gasteiger partial charge in [0.25, 0.3) is 0 Å². The minimum absolute atomic E-state index is 0.0878. The quantitative estimate of drug-likeness (QED) is 0.185. The zero-order valence-corrected chi connectivity index (χ0v) is 20.6. The van der Waals surface area contributed by atoms with Crippen molar-refractivity contribution in [2.24, 2.45) is 10.8 Å². The third-order valence-electron chi connectivity index (χ3n) is 6.69. The van der Waals surface area contributed by atoms with E-state index in [1.165, 1.54) is 19.1 Å². The Bertz CT molecular complexity index is 1070. The SMILES string of the molecule is C=N/C=C(\NN)c1cccc(C2(NCC(O)C(Cc3cc(F)cc(F)c3)NC(C)=O)CCCCC2)c1. The largest absolute Gasteiger partial charge is 0.390 e. The van der Waals surface area contributed by atoms with Crippen LogP contribution in [-0.4, -0.2) is 36.4 Å². The summed E-state index contributed by atoms with van der Waals surface area (Å²) in [6, 6.07) is 10.5. The highest BCUT2D eigenvalue weighted by atomic mass is 19.1. The Morgan fingerprint density at radius 1 is 1.19 bits per heavy atom. The summed E-state index contributed by atoms with van der Waals surface area (Å²) >= 11 is 0. The normalized spacial score (nSPS) is 17.2. The summed E-state index contributed by atoms with van der Waals surface area (Å²) in [6.45, 7) is 5.02. The summed E-state index contributed by atoms with van der Waals surface area (Å²) in [4.78, 5) is 15.6. The molecule has 1 amide bonds. The lowest BCUT2D eigenvalue weighted by Crippen LogP contribution is -2.53. The molecule has 6 N–H and O–H groups in total. The molecule has 0 aliphatic heterocycles. The summed E-state index contributed by atoms with van der Waals surface area (Å²) in [5, 5.41) is 17.4. The number of aliphatic imine (C=N–C) groups is 1. The number of amides is 1. The molecule has 194 valence electrons. The van der Waals surface area contributed by atoms with E-state index in [-0.39, 0.29) is 24.4 Å². The lowest BCUT2D eigenvalue weighted by molar-refractivity contribution is -0.120. The third kappa shape index (κ3) is 7.19. The zero-order valence-electron chi connectivity index (χ0n) is 20.6. The van der Waals surface area contributed by atoms with Crippen LogP contribution in [0.1, 0.15) is 55.7 Å². The molecule has 1 aliphatic rings. The number of benzene rings is 2. The highest BCUT2D eigenvalue weighted by Gasteiger charge is 2.35. The van der Waals surface area contributed by atoms with Crippen LogP contribution >= 0.6 is 0 Å². The molecule has 0 heterocycles. The van der Waals surface area contributed by atoms with Crippen LogP contribution in [0.25, 0.3) is 5.70 Å². The van der Waals surface area contributed by atoms with E-state index in [0.717, 1.165) is 49.3 Å². The minimum Gasteiger partial charge on any atom is -0.390 e. The summed E-state index contributed by atoms with van der Waals surface area (Å²) < 4.78 is 27.4. The van der Waals surface area contributed by atoms with Gasteiger partial charge in [-0.3, -0.25) is 15.6 Å². The van der Waals surface area contributed by atoms with Crippen molar-refractivity contribution < 1.29 is 18.7 Å². The number of halogens is 2. The third-order valence-corrected chi connectivity index (χ3v) is 6.69. The zero-order chi connectivity index (χ0) is 26.1.